The third-order valence-corrected chi connectivity index (χ3v) is 6.38. The van der Waals surface area contributed by atoms with E-state index in [1.54, 1.807) is 24.3 Å². The fourth-order valence-electron chi connectivity index (χ4n) is 4.47. The smallest absolute Gasteiger partial charge is 0.184 e. The standard InChI is InChI=1S/C28H31NO4/c1-4-7-10-18(5-2)17-33-23-14-8-11-19-15-16-21(29-26(19)23)25-27(30)20-12-9-13-22(32-6-3)24(20)28(25)31/h8-9,11-16,18,25H,4-7,10,17H2,1-3H3. The van der Waals surface area contributed by atoms with Gasteiger partial charge in [0.05, 0.1) is 24.5 Å². The van der Waals surface area contributed by atoms with E-state index in [0.717, 1.165) is 18.2 Å². The molecule has 1 aliphatic rings. The lowest BCUT2D eigenvalue weighted by molar-refractivity contribution is 0.0887. The van der Waals surface area contributed by atoms with Gasteiger partial charge in [-0.3, -0.25) is 9.59 Å². The van der Waals surface area contributed by atoms with Crippen molar-refractivity contribution in [1.82, 2.24) is 4.98 Å². The number of hydrogen-bond acceptors (Lipinski definition) is 5. The van der Waals surface area contributed by atoms with Crippen LogP contribution in [0.1, 0.15) is 78.8 Å². The van der Waals surface area contributed by atoms with Crippen molar-refractivity contribution in [3.05, 3.63) is 65.4 Å². The summed E-state index contributed by atoms with van der Waals surface area (Å²) in [5.41, 5.74) is 1.90. The minimum absolute atomic E-state index is 0.229. The van der Waals surface area contributed by atoms with Gasteiger partial charge in [0.2, 0.25) is 0 Å². The molecule has 5 nitrogen and oxygen atoms in total. The topological polar surface area (TPSA) is 65.5 Å². The molecule has 4 rings (SSSR count). The molecule has 0 saturated heterocycles. The molecular weight excluding hydrogens is 414 g/mol. The molecule has 0 spiro atoms. The van der Waals surface area contributed by atoms with E-state index in [-0.39, 0.29) is 11.6 Å². The highest BCUT2D eigenvalue weighted by Gasteiger charge is 2.42. The SMILES string of the molecule is CCCCC(CC)COc1cccc2ccc(C3C(=O)c4cccc(OCC)c4C3=O)nc12. The van der Waals surface area contributed by atoms with E-state index >= 15 is 0 Å². The molecule has 0 amide bonds. The maximum Gasteiger partial charge on any atom is 0.184 e. The maximum absolute atomic E-state index is 13.3. The second-order valence-corrected chi connectivity index (χ2v) is 8.56. The number of rotatable bonds is 10. The minimum Gasteiger partial charge on any atom is -0.493 e. The Labute approximate surface area is 195 Å². The van der Waals surface area contributed by atoms with Crippen LogP contribution in [0.3, 0.4) is 0 Å². The lowest BCUT2D eigenvalue weighted by Gasteiger charge is -2.17. The number of pyridine rings is 1. The molecule has 2 unspecified atom stereocenters. The zero-order valence-electron chi connectivity index (χ0n) is 19.6. The molecule has 3 aromatic rings. The first-order valence-electron chi connectivity index (χ1n) is 12.0. The van der Waals surface area contributed by atoms with Crippen molar-refractivity contribution < 1.29 is 19.1 Å². The van der Waals surface area contributed by atoms with Crippen LogP contribution >= 0.6 is 0 Å². The fourth-order valence-corrected chi connectivity index (χ4v) is 4.47. The van der Waals surface area contributed by atoms with Gasteiger partial charge in [0.1, 0.15) is 22.9 Å². The number of fused-ring (bicyclic) bond motifs is 2. The number of unbranched alkanes of at least 4 members (excludes halogenated alkanes) is 1. The van der Waals surface area contributed by atoms with Crippen LogP contribution < -0.4 is 9.47 Å². The largest absolute Gasteiger partial charge is 0.493 e. The number of para-hydroxylation sites is 1. The van der Waals surface area contributed by atoms with E-state index in [2.05, 4.69) is 13.8 Å². The van der Waals surface area contributed by atoms with Gasteiger partial charge in [0.15, 0.2) is 11.6 Å². The Morgan fingerprint density at radius 3 is 2.45 bits per heavy atom. The molecule has 172 valence electrons. The summed E-state index contributed by atoms with van der Waals surface area (Å²) >= 11 is 0. The lowest BCUT2D eigenvalue weighted by Crippen LogP contribution is -2.15. The summed E-state index contributed by atoms with van der Waals surface area (Å²) in [4.78, 5) is 31.3. The Kier molecular flexibility index (Phi) is 7.07. The Balaban J connectivity index is 1.66. The summed E-state index contributed by atoms with van der Waals surface area (Å²) in [6.45, 7) is 7.30. The van der Waals surface area contributed by atoms with Gasteiger partial charge >= 0.3 is 0 Å². The molecule has 2 atom stereocenters. The van der Waals surface area contributed by atoms with E-state index in [1.165, 1.54) is 12.8 Å². The molecule has 0 radical (unpaired) electrons. The molecule has 0 bridgehead atoms. The van der Waals surface area contributed by atoms with Crippen molar-refractivity contribution in [2.45, 2.75) is 52.4 Å². The Hall–Kier alpha value is -3.21. The molecule has 0 N–H and O–H groups in total. The van der Waals surface area contributed by atoms with Crippen molar-refractivity contribution in [3.8, 4) is 11.5 Å². The Morgan fingerprint density at radius 2 is 1.70 bits per heavy atom. The van der Waals surface area contributed by atoms with Crippen molar-refractivity contribution in [3.63, 3.8) is 0 Å². The zero-order valence-corrected chi connectivity index (χ0v) is 19.6. The van der Waals surface area contributed by atoms with Gasteiger partial charge in [-0.2, -0.15) is 0 Å². The maximum atomic E-state index is 13.3. The second-order valence-electron chi connectivity index (χ2n) is 8.56. The van der Waals surface area contributed by atoms with Crippen LogP contribution in [0.2, 0.25) is 0 Å². The monoisotopic (exact) mass is 445 g/mol. The van der Waals surface area contributed by atoms with Gasteiger partial charge < -0.3 is 9.47 Å². The summed E-state index contributed by atoms with van der Waals surface area (Å²) < 4.78 is 11.8. The van der Waals surface area contributed by atoms with Crippen molar-refractivity contribution >= 4 is 22.5 Å². The van der Waals surface area contributed by atoms with Gasteiger partial charge in [-0.25, -0.2) is 4.98 Å². The summed E-state index contributed by atoms with van der Waals surface area (Å²) in [5.74, 6) is 0.204. The normalized spacial score (nSPS) is 16.2. The van der Waals surface area contributed by atoms with E-state index in [0.29, 0.717) is 53.0 Å². The third-order valence-electron chi connectivity index (χ3n) is 6.38. The number of aromatic nitrogens is 1. The predicted octanol–water partition coefficient (Wildman–Crippen LogP) is 6.39. The summed E-state index contributed by atoms with van der Waals surface area (Å²) in [6.07, 6.45) is 4.57. The fraction of sp³-hybridized carbons (Fsp3) is 0.393. The minimum atomic E-state index is -0.952. The second kappa shape index (κ2) is 10.2. The van der Waals surface area contributed by atoms with E-state index < -0.39 is 5.92 Å². The number of nitrogens with zero attached hydrogens (tertiary/aromatic N) is 1. The highest BCUT2D eigenvalue weighted by atomic mass is 16.5. The van der Waals surface area contributed by atoms with Crippen molar-refractivity contribution in [2.75, 3.05) is 13.2 Å². The van der Waals surface area contributed by atoms with E-state index in [4.69, 9.17) is 14.5 Å². The van der Waals surface area contributed by atoms with Crippen molar-refractivity contribution in [1.29, 1.82) is 0 Å². The Bertz CT molecular complexity index is 1170. The predicted molar refractivity (Wildman–Crippen MR) is 130 cm³/mol. The molecule has 33 heavy (non-hydrogen) atoms. The van der Waals surface area contributed by atoms with Crippen molar-refractivity contribution in [2.24, 2.45) is 5.92 Å². The van der Waals surface area contributed by atoms with Crippen LogP contribution in [-0.2, 0) is 0 Å². The van der Waals surface area contributed by atoms with Crippen LogP contribution in [-0.4, -0.2) is 29.8 Å². The number of benzene rings is 2. The van der Waals surface area contributed by atoms with E-state index in [9.17, 15) is 9.59 Å². The first kappa shape index (κ1) is 23.0. The molecule has 1 aromatic heterocycles. The molecule has 1 aliphatic carbocycles. The molecule has 0 fully saturated rings. The highest BCUT2D eigenvalue weighted by Crippen LogP contribution is 2.39. The summed E-state index contributed by atoms with van der Waals surface area (Å²) in [7, 11) is 0. The van der Waals surface area contributed by atoms with Gasteiger partial charge in [-0.05, 0) is 37.5 Å². The van der Waals surface area contributed by atoms with Crippen LogP contribution in [0.25, 0.3) is 10.9 Å². The number of carbonyl (C=O) groups is 2. The van der Waals surface area contributed by atoms with Crippen LogP contribution in [0.15, 0.2) is 48.5 Å². The lowest BCUT2D eigenvalue weighted by atomic mass is 9.98. The molecular formula is C28H31NO4. The average Bonchev–Trinajstić information content (AvgIpc) is 3.09. The molecule has 2 aromatic carbocycles. The quantitative estimate of drug-likeness (QED) is 0.338. The number of Topliss-reactive ketones (excluding diaryl/α,β-unsaturated/α-hetero) is 2. The zero-order chi connectivity index (χ0) is 23.4. The Morgan fingerprint density at radius 1 is 0.909 bits per heavy atom. The number of ether oxygens (including phenoxy) is 2. The summed E-state index contributed by atoms with van der Waals surface area (Å²) in [6, 6.07) is 14.7. The van der Waals surface area contributed by atoms with Crippen LogP contribution in [0.5, 0.6) is 11.5 Å². The molecule has 0 saturated carbocycles. The highest BCUT2D eigenvalue weighted by molar-refractivity contribution is 6.30. The molecule has 1 heterocycles. The van der Waals surface area contributed by atoms with Crippen LogP contribution in [0, 0.1) is 5.92 Å². The van der Waals surface area contributed by atoms with E-state index in [1.807, 2.05) is 31.2 Å². The van der Waals surface area contributed by atoms with Gasteiger partial charge in [0.25, 0.3) is 0 Å². The number of hydrogen-bond donors (Lipinski definition) is 0. The number of carbonyl (C=O) groups excluding carboxylic acids is 2. The van der Waals surface area contributed by atoms with Gasteiger partial charge in [-0.15, -0.1) is 0 Å². The van der Waals surface area contributed by atoms with Gasteiger partial charge in [-0.1, -0.05) is 63.4 Å². The number of ketones is 2. The third kappa shape index (κ3) is 4.50. The summed E-state index contributed by atoms with van der Waals surface area (Å²) in [5, 5.41) is 0.920. The molecule has 5 heteroatoms. The average molecular weight is 446 g/mol. The van der Waals surface area contributed by atoms with Gasteiger partial charge in [0, 0.05) is 10.9 Å². The molecule has 0 aliphatic heterocycles. The van der Waals surface area contributed by atoms with Crippen LogP contribution in [0.4, 0.5) is 0 Å². The first-order chi connectivity index (χ1) is 16.1. The first-order valence-corrected chi connectivity index (χ1v) is 12.0.